The summed E-state index contributed by atoms with van der Waals surface area (Å²) in [7, 11) is 0. The molecule has 2 nitrogen and oxygen atoms in total. The van der Waals surface area contributed by atoms with Gasteiger partial charge in [0.25, 0.3) is 0 Å². The van der Waals surface area contributed by atoms with Gasteiger partial charge in [-0.1, -0.05) is 154 Å². The predicted octanol–water partition coefficient (Wildman–Crippen LogP) is 12.7. The van der Waals surface area contributed by atoms with Crippen molar-refractivity contribution in [3.05, 3.63) is 197 Å². The third-order valence-corrected chi connectivity index (χ3v) is 13.7. The quantitative estimate of drug-likeness (QED) is 0.141. The number of anilines is 3. The van der Waals surface area contributed by atoms with Crippen LogP contribution in [0.1, 0.15) is 72.9 Å². The minimum Gasteiger partial charge on any atom is -0.375 e. The average Bonchev–Trinajstić information content (AvgIpc) is 3.60. The van der Waals surface area contributed by atoms with Gasteiger partial charge in [0, 0.05) is 38.4 Å². The summed E-state index contributed by atoms with van der Waals surface area (Å²) in [5.74, 6) is 0. The van der Waals surface area contributed by atoms with Crippen LogP contribution in [0.25, 0.3) is 43.7 Å². The molecule has 9 aromatic rings. The molecule has 12 rings (SSSR count). The van der Waals surface area contributed by atoms with Crippen molar-refractivity contribution in [2.45, 2.75) is 57.8 Å². The normalized spacial score (nSPS) is 14.2. The molecule has 0 bridgehead atoms. The SMILES string of the molecule is CCCCc1ccc2c(c1)c1cc(CCCC)cc3c1n2B1c2cccc4c2N(c2ccccc2C4(c2ccccc2)c2ccccc2)c2c1c-3cc1ccccc21. The third kappa shape index (κ3) is 4.45. The topological polar surface area (TPSA) is 8.17 Å². The van der Waals surface area contributed by atoms with E-state index in [0.717, 1.165) is 12.8 Å². The van der Waals surface area contributed by atoms with E-state index in [1.807, 2.05) is 0 Å². The summed E-state index contributed by atoms with van der Waals surface area (Å²) in [5, 5.41) is 5.38. The summed E-state index contributed by atoms with van der Waals surface area (Å²) in [5.41, 5.74) is 19.7. The van der Waals surface area contributed by atoms with Crippen LogP contribution in [-0.4, -0.2) is 11.3 Å². The molecule has 278 valence electrons. The van der Waals surface area contributed by atoms with Crippen molar-refractivity contribution in [2.24, 2.45) is 0 Å². The Labute approximate surface area is 341 Å². The maximum atomic E-state index is 2.76. The first-order valence-corrected chi connectivity index (χ1v) is 21.5. The van der Waals surface area contributed by atoms with Crippen LogP contribution in [0, 0.1) is 0 Å². The third-order valence-electron chi connectivity index (χ3n) is 13.7. The second kappa shape index (κ2) is 12.8. The van der Waals surface area contributed by atoms with E-state index >= 15 is 0 Å². The number of aryl methyl sites for hydroxylation is 2. The fraction of sp³-hybridized carbons (Fsp3) is 0.164. The maximum absolute atomic E-state index is 2.76. The molecule has 0 radical (unpaired) electrons. The lowest BCUT2D eigenvalue weighted by Gasteiger charge is -2.51. The molecule has 8 aromatic carbocycles. The second-order valence-electron chi connectivity index (χ2n) is 16.9. The van der Waals surface area contributed by atoms with E-state index in [4.69, 9.17) is 0 Å². The number of nitrogens with zero attached hydrogens (tertiary/aromatic N) is 2. The maximum Gasteiger partial charge on any atom is 0.333 e. The first kappa shape index (κ1) is 33.8. The van der Waals surface area contributed by atoms with Crippen molar-refractivity contribution < 1.29 is 0 Å². The average molecular weight is 745 g/mol. The fourth-order valence-electron chi connectivity index (χ4n) is 11.3. The van der Waals surface area contributed by atoms with Crippen molar-refractivity contribution in [2.75, 3.05) is 4.90 Å². The lowest BCUT2D eigenvalue weighted by molar-refractivity contribution is 0.732. The zero-order valence-electron chi connectivity index (χ0n) is 33.3. The number of para-hydroxylation sites is 2. The van der Waals surface area contributed by atoms with E-state index in [0.29, 0.717) is 0 Å². The summed E-state index contributed by atoms with van der Waals surface area (Å²) in [6, 6.07) is 63.2. The Kier molecular flexibility index (Phi) is 7.49. The van der Waals surface area contributed by atoms with Crippen LogP contribution in [0.2, 0.25) is 0 Å². The first-order valence-electron chi connectivity index (χ1n) is 21.5. The van der Waals surface area contributed by atoms with Crippen LogP contribution >= 0.6 is 0 Å². The lowest BCUT2D eigenvalue weighted by atomic mass is 9.43. The second-order valence-corrected chi connectivity index (χ2v) is 16.9. The molecule has 3 aliphatic rings. The van der Waals surface area contributed by atoms with Gasteiger partial charge in [0.05, 0.1) is 16.8 Å². The van der Waals surface area contributed by atoms with Gasteiger partial charge in [-0.25, -0.2) is 0 Å². The van der Waals surface area contributed by atoms with Gasteiger partial charge >= 0.3 is 6.85 Å². The Morgan fingerprint density at radius 3 is 1.97 bits per heavy atom. The van der Waals surface area contributed by atoms with Gasteiger partial charge in [-0.2, -0.15) is 0 Å². The van der Waals surface area contributed by atoms with Crippen molar-refractivity contribution in [3.63, 3.8) is 0 Å². The van der Waals surface area contributed by atoms with Gasteiger partial charge in [-0.15, -0.1) is 0 Å². The molecule has 0 saturated heterocycles. The number of fused-ring (bicyclic) bond motifs is 11. The van der Waals surface area contributed by atoms with Crippen LogP contribution in [0.5, 0.6) is 0 Å². The Hall–Kier alpha value is -6.32. The van der Waals surface area contributed by atoms with E-state index < -0.39 is 5.41 Å². The number of benzene rings is 8. The number of unbranched alkanes of at least 4 members (excludes halogenated alkanes) is 2. The molecule has 0 N–H and O–H groups in total. The first-order chi connectivity index (χ1) is 28.7. The molecule has 58 heavy (non-hydrogen) atoms. The predicted molar refractivity (Wildman–Crippen MR) is 247 cm³/mol. The largest absolute Gasteiger partial charge is 0.375 e. The highest BCUT2D eigenvalue weighted by atomic mass is 15.2. The summed E-state index contributed by atoms with van der Waals surface area (Å²) in [4.78, 5) is 2.68. The Morgan fingerprint density at radius 1 is 0.517 bits per heavy atom. The Morgan fingerprint density at radius 2 is 1.19 bits per heavy atom. The van der Waals surface area contributed by atoms with Gasteiger partial charge in [-0.05, 0) is 117 Å². The van der Waals surface area contributed by atoms with E-state index in [2.05, 4.69) is 187 Å². The zero-order chi connectivity index (χ0) is 38.5. The number of rotatable bonds is 8. The molecule has 3 heteroatoms. The molecule has 0 saturated carbocycles. The van der Waals surface area contributed by atoms with Crippen LogP contribution in [0.4, 0.5) is 17.1 Å². The summed E-state index contributed by atoms with van der Waals surface area (Å²) in [6.07, 6.45) is 6.99. The van der Waals surface area contributed by atoms with Crippen LogP contribution < -0.4 is 15.8 Å². The zero-order valence-corrected chi connectivity index (χ0v) is 33.3. The molecule has 0 spiro atoms. The molecular weight excluding hydrogens is 699 g/mol. The lowest BCUT2D eigenvalue weighted by Crippen LogP contribution is -2.58. The smallest absolute Gasteiger partial charge is 0.333 e. The van der Waals surface area contributed by atoms with Crippen LogP contribution in [0.3, 0.4) is 0 Å². The highest BCUT2D eigenvalue weighted by molar-refractivity contribution is 6.90. The molecule has 0 atom stereocenters. The van der Waals surface area contributed by atoms with Crippen molar-refractivity contribution in [1.82, 2.24) is 4.48 Å². The monoisotopic (exact) mass is 744 g/mol. The number of hydrogen-bond acceptors (Lipinski definition) is 1. The van der Waals surface area contributed by atoms with Crippen molar-refractivity contribution in [3.8, 4) is 11.1 Å². The Bertz CT molecular complexity index is 3060. The van der Waals surface area contributed by atoms with Gasteiger partial charge in [0.2, 0.25) is 0 Å². The highest BCUT2D eigenvalue weighted by Gasteiger charge is 2.52. The van der Waals surface area contributed by atoms with Gasteiger partial charge in [0.1, 0.15) is 0 Å². The van der Waals surface area contributed by atoms with E-state index in [9.17, 15) is 0 Å². The minimum absolute atomic E-state index is 0.00852. The Balaban J connectivity index is 1.27. The molecule has 0 amide bonds. The van der Waals surface area contributed by atoms with Gasteiger partial charge < -0.3 is 9.38 Å². The van der Waals surface area contributed by atoms with Crippen molar-refractivity contribution >= 4 is 67.4 Å². The standard InChI is InChI=1S/C55H45BN2/c1-3-5-18-36-30-31-49-42(32-36)44-33-37(19-6-4-2)34-45-43-35-38-20-13-14-25-41(38)53-51(43)56(58(49)52(44)45)48-28-17-27-47-54(48)57(53)50-29-16-15-26-46(50)55(47,39-21-9-7-10-22-39)40-23-11-8-12-24-40/h7-17,20-35H,3-6,18-19H2,1-2H3. The molecule has 1 aromatic heterocycles. The summed E-state index contributed by atoms with van der Waals surface area (Å²) >= 11 is 0. The number of aromatic nitrogens is 1. The molecule has 4 heterocycles. The highest BCUT2D eigenvalue weighted by Crippen LogP contribution is 2.59. The molecule has 3 aliphatic heterocycles. The molecule has 0 fully saturated rings. The number of hydrogen-bond donors (Lipinski definition) is 0. The van der Waals surface area contributed by atoms with E-state index in [1.54, 1.807) is 0 Å². The minimum atomic E-state index is -0.533. The fourth-order valence-corrected chi connectivity index (χ4v) is 11.3. The van der Waals surface area contributed by atoms with Crippen LogP contribution in [-0.2, 0) is 18.3 Å². The van der Waals surface area contributed by atoms with Crippen LogP contribution in [0.15, 0.2) is 164 Å². The van der Waals surface area contributed by atoms with Crippen molar-refractivity contribution in [1.29, 1.82) is 0 Å². The summed E-state index contributed by atoms with van der Waals surface area (Å²) in [6.45, 7) is 4.60. The van der Waals surface area contributed by atoms with E-state index in [-0.39, 0.29) is 6.85 Å². The summed E-state index contributed by atoms with van der Waals surface area (Å²) < 4.78 is 2.76. The van der Waals surface area contributed by atoms with Gasteiger partial charge in [0.15, 0.2) is 0 Å². The van der Waals surface area contributed by atoms with E-state index in [1.165, 1.54) is 131 Å². The van der Waals surface area contributed by atoms with Gasteiger partial charge in [-0.3, -0.25) is 0 Å². The molecular formula is C55H45BN2. The molecule has 0 aliphatic carbocycles. The molecule has 0 unspecified atom stereocenters.